The van der Waals surface area contributed by atoms with Crippen LogP contribution in [0.25, 0.3) is 0 Å². The van der Waals surface area contributed by atoms with E-state index in [2.05, 4.69) is 34.0 Å². The number of ether oxygens (including phenoxy) is 2. The summed E-state index contributed by atoms with van der Waals surface area (Å²) in [6.45, 7) is 8.58. The summed E-state index contributed by atoms with van der Waals surface area (Å²) in [5.74, 6) is 0.260. The van der Waals surface area contributed by atoms with Crippen LogP contribution in [0.2, 0.25) is 0 Å². The van der Waals surface area contributed by atoms with Crippen molar-refractivity contribution in [3.8, 4) is 5.75 Å². The van der Waals surface area contributed by atoms with E-state index >= 15 is 0 Å². The van der Waals surface area contributed by atoms with E-state index in [0.29, 0.717) is 25.4 Å². The third-order valence-electron chi connectivity index (χ3n) is 6.19. The lowest BCUT2D eigenvalue weighted by Gasteiger charge is -2.24. The number of unbranched alkanes of at least 4 members (excludes halogenated alkanes) is 7. The number of nitrogens with zero attached hydrogens (tertiary/aromatic N) is 3. The molecule has 8 nitrogen and oxygen atoms in total. The molecule has 37 heavy (non-hydrogen) atoms. The monoisotopic (exact) mass is 579 g/mol. The van der Waals surface area contributed by atoms with Crippen LogP contribution in [0.1, 0.15) is 91.0 Å². The first-order valence-electron chi connectivity index (χ1n) is 13.5. The normalized spacial score (nSPS) is 11.5. The van der Waals surface area contributed by atoms with Gasteiger partial charge in [-0.1, -0.05) is 57.6 Å². The lowest BCUT2D eigenvalue weighted by Crippen LogP contribution is -2.42. The van der Waals surface area contributed by atoms with Gasteiger partial charge in [0.25, 0.3) is 5.56 Å². The van der Waals surface area contributed by atoms with Gasteiger partial charge in [-0.2, -0.15) is 5.10 Å². The molecule has 0 aliphatic carbocycles. The standard InChI is InChI=1S/C28H42BrN3O5/c1-5-7-8-10-13-19-31-25(33)24(29)30-32(27(31)35)20-14-11-9-12-16-22-17-15-18-23(21-22)37-28(3,4)26(34)36-6-2/h15,17-18,21H,5-14,16,19-20H2,1-4H3. The summed E-state index contributed by atoms with van der Waals surface area (Å²) >= 11 is 3.22. The number of halogens is 1. The van der Waals surface area contributed by atoms with Crippen LogP contribution >= 0.6 is 15.9 Å². The molecule has 9 heteroatoms. The Bertz CT molecular complexity index is 1110. The third kappa shape index (κ3) is 10.1. The van der Waals surface area contributed by atoms with Crippen LogP contribution in [-0.2, 0) is 29.0 Å². The van der Waals surface area contributed by atoms with Gasteiger partial charge in [0.2, 0.25) is 0 Å². The van der Waals surface area contributed by atoms with E-state index in [1.54, 1.807) is 20.8 Å². The molecule has 0 N–H and O–H groups in total. The van der Waals surface area contributed by atoms with E-state index < -0.39 is 5.60 Å². The molecule has 1 aromatic carbocycles. The van der Waals surface area contributed by atoms with Gasteiger partial charge < -0.3 is 9.47 Å². The van der Waals surface area contributed by atoms with Crippen molar-refractivity contribution >= 4 is 21.9 Å². The highest BCUT2D eigenvalue weighted by atomic mass is 79.9. The average molecular weight is 581 g/mol. The predicted molar refractivity (Wildman–Crippen MR) is 149 cm³/mol. The van der Waals surface area contributed by atoms with Gasteiger partial charge in [-0.3, -0.25) is 9.36 Å². The number of carbonyl (C=O) groups is 1. The molecular formula is C28H42BrN3O5. The number of hydrogen-bond acceptors (Lipinski definition) is 6. The summed E-state index contributed by atoms with van der Waals surface area (Å²) in [5.41, 5.74) is -0.586. The zero-order valence-corrected chi connectivity index (χ0v) is 24.3. The summed E-state index contributed by atoms with van der Waals surface area (Å²) in [7, 11) is 0. The summed E-state index contributed by atoms with van der Waals surface area (Å²) in [5, 5.41) is 4.16. The molecule has 0 bridgehead atoms. The third-order valence-corrected chi connectivity index (χ3v) is 6.69. The number of rotatable bonds is 17. The van der Waals surface area contributed by atoms with E-state index in [1.165, 1.54) is 15.7 Å². The summed E-state index contributed by atoms with van der Waals surface area (Å²) < 4.78 is 13.9. The Morgan fingerprint density at radius 3 is 2.35 bits per heavy atom. The predicted octanol–water partition coefficient (Wildman–Crippen LogP) is 5.66. The van der Waals surface area contributed by atoms with Crippen molar-refractivity contribution in [1.82, 2.24) is 14.3 Å². The number of aryl methyl sites for hydroxylation is 2. The second kappa shape index (κ2) is 15.7. The molecule has 0 aliphatic rings. The van der Waals surface area contributed by atoms with Gasteiger partial charge in [0.1, 0.15) is 5.75 Å². The largest absolute Gasteiger partial charge is 0.476 e. The molecule has 206 valence electrons. The molecule has 0 amide bonds. The Hall–Kier alpha value is -2.42. The molecule has 0 saturated carbocycles. The van der Waals surface area contributed by atoms with Gasteiger partial charge in [-0.15, -0.1) is 0 Å². The number of esters is 1. The molecule has 0 fully saturated rings. The molecule has 2 aromatic rings. The molecule has 1 aromatic heterocycles. The van der Waals surface area contributed by atoms with Crippen molar-refractivity contribution in [2.24, 2.45) is 0 Å². The van der Waals surface area contributed by atoms with Crippen molar-refractivity contribution in [2.45, 2.75) is 111 Å². The summed E-state index contributed by atoms with van der Waals surface area (Å²) in [6, 6.07) is 7.79. The Labute approximate surface area is 228 Å². The molecular weight excluding hydrogens is 538 g/mol. The first-order valence-corrected chi connectivity index (χ1v) is 14.3. The van der Waals surface area contributed by atoms with Crippen LogP contribution in [0.3, 0.4) is 0 Å². The summed E-state index contributed by atoms with van der Waals surface area (Å²) in [4.78, 5) is 37.3. The quantitative estimate of drug-likeness (QED) is 0.177. The van der Waals surface area contributed by atoms with Gasteiger partial charge in [-0.25, -0.2) is 14.3 Å². The molecule has 0 saturated heterocycles. The highest BCUT2D eigenvalue weighted by Crippen LogP contribution is 2.22. The molecule has 2 rings (SSSR count). The topological polar surface area (TPSA) is 92.4 Å². The van der Waals surface area contributed by atoms with E-state index in [9.17, 15) is 14.4 Å². The zero-order chi connectivity index (χ0) is 27.3. The smallest absolute Gasteiger partial charge is 0.349 e. The SMILES string of the molecule is CCCCCCCn1c(=O)c(Br)nn(CCCCCCc2cccc(OC(C)(C)C(=O)OCC)c2)c1=O. The highest BCUT2D eigenvalue weighted by Gasteiger charge is 2.31. The van der Waals surface area contributed by atoms with Crippen LogP contribution in [0.15, 0.2) is 38.5 Å². The van der Waals surface area contributed by atoms with Crippen molar-refractivity contribution in [2.75, 3.05) is 6.61 Å². The fourth-order valence-corrected chi connectivity index (χ4v) is 4.50. The lowest BCUT2D eigenvalue weighted by atomic mass is 10.1. The first-order chi connectivity index (χ1) is 17.7. The van der Waals surface area contributed by atoms with Crippen molar-refractivity contribution in [3.05, 3.63) is 55.3 Å². The number of carbonyl (C=O) groups excluding carboxylic acids is 1. The van der Waals surface area contributed by atoms with Crippen molar-refractivity contribution in [3.63, 3.8) is 0 Å². The van der Waals surface area contributed by atoms with E-state index in [1.807, 2.05) is 18.2 Å². The minimum absolute atomic E-state index is 0.189. The maximum atomic E-state index is 12.8. The number of benzene rings is 1. The fraction of sp³-hybridized carbons (Fsp3) is 0.643. The maximum Gasteiger partial charge on any atom is 0.349 e. The second-order valence-corrected chi connectivity index (χ2v) is 10.6. The number of aromatic nitrogens is 3. The molecule has 0 spiro atoms. The Balaban J connectivity index is 1.81. The van der Waals surface area contributed by atoms with Gasteiger partial charge in [0, 0.05) is 13.1 Å². The van der Waals surface area contributed by atoms with Crippen LogP contribution in [0.4, 0.5) is 0 Å². The minimum Gasteiger partial charge on any atom is -0.476 e. The zero-order valence-electron chi connectivity index (χ0n) is 22.8. The molecule has 1 heterocycles. The van der Waals surface area contributed by atoms with Crippen LogP contribution in [0, 0.1) is 0 Å². The van der Waals surface area contributed by atoms with Gasteiger partial charge in [-0.05, 0) is 80.1 Å². The van der Waals surface area contributed by atoms with Gasteiger partial charge in [0.05, 0.1) is 6.61 Å². The Morgan fingerprint density at radius 2 is 1.65 bits per heavy atom. The first kappa shape index (κ1) is 30.8. The Morgan fingerprint density at radius 1 is 0.973 bits per heavy atom. The lowest BCUT2D eigenvalue weighted by molar-refractivity contribution is -0.158. The second-order valence-electron chi connectivity index (χ2n) is 9.81. The molecule has 0 radical (unpaired) electrons. The highest BCUT2D eigenvalue weighted by molar-refractivity contribution is 9.10. The summed E-state index contributed by atoms with van der Waals surface area (Å²) in [6.07, 6.45) is 9.93. The van der Waals surface area contributed by atoms with E-state index in [-0.39, 0.29) is 21.8 Å². The maximum absolute atomic E-state index is 12.8. The average Bonchev–Trinajstić information content (AvgIpc) is 2.86. The van der Waals surface area contributed by atoms with E-state index in [4.69, 9.17) is 9.47 Å². The van der Waals surface area contributed by atoms with Crippen LogP contribution in [-0.4, -0.2) is 32.5 Å². The van der Waals surface area contributed by atoms with Crippen molar-refractivity contribution in [1.29, 1.82) is 0 Å². The van der Waals surface area contributed by atoms with Gasteiger partial charge in [0.15, 0.2) is 10.2 Å². The number of hydrogen-bond donors (Lipinski definition) is 0. The van der Waals surface area contributed by atoms with E-state index in [0.717, 1.165) is 63.4 Å². The molecule has 0 aliphatic heterocycles. The molecule has 0 atom stereocenters. The fourth-order valence-electron chi connectivity index (χ4n) is 4.10. The minimum atomic E-state index is -1.05. The molecule has 0 unspecified atom stereocenters. The van der Waals surface area contributed by atoms with Gasteiger partial charge >= 0.3 is 11.7 Å². The van der Waals surface area contributed by atoms with Crippen LogP contribution in [0.5, 0.6) is 5.75 Å². The van der Waals surface area contributed by atoms with Crippen molar-refractivity contribution < 1.29 is 14.3 Å². The Kier molecular flexibility index (Phi) is 13.1. The van der Waals surface area contributed by atoms with Crippen LogP contribution < -0.4 is 16.0 Å².